The summed E-state index contributed by atoms with van der Waals surface area (Å²) < 4.78 is 1.78. The number of hydrogen-bond donors (Lipinski definition) is 2. The number of nitrogen functional groups attached to an aromatic ring is 1. The van der Waals surface area contributed by atoms with Crippen molar-refractivity contribution >= 4 is 28.4 Å². The molecule has 3 rings (SSSR count). The SMILES string of the molecule is NNC(=O)c1nn(Cc2ccc(Cl)cc2)c2ccccc12. The quantitative estimate of drug-likeness (QED) is 0.443. The molecule has 6 heteroatoms. The van der Waals surface area contributed by atoms with Gasteiger partial charge < -0.3 is 0 Å². The number of hydrogen-bond acceptors (Lipinski definition) is 3. The normalized spacial score (nSPS) is 10.8. The summed E-state index contributed by atoms with van der Waals surface area (Å²) in [4.78, 5) is 11.8. The van der Waals surface area contributed by atoms with Gasteiger partial charge in [-0.3, -0.25) is 14.9 Å². The van der Waals surface area contributed by atoms with Crippen molar-refractivity contribution in [1.82, 2.24) is 15.2 Å². The largest absolute Gasteiger partial charge is 0.289 e. The van der Waals surface area contributed by atoms with Crippen molar-refractivity contribution in [1.29, 1.82) is 0 Å². The number of rotatable bonds is 3. The molecule has 0 aliphatic carbocycles. The standard InChI is InChI=1S/C15H13ClN4O/c16-11-7-5-10(6-8-11)9-20-13-4-2-1-3-12(13)14(19-20)15(21)18-17/h1-8H,9,17H2,(H,18,21). The Bertz CT molecular complexity index is 795. The maximum absolute atomic E-state index is 11.8. The van der Waals surface area contributed by atoms with E-state index in [1.54, 1.807) is 4.68 Å². The van der Waals surface area contributed by atoms with Crippen LogP contribution in [0.1, 0.15) is 16.1 Å². The molecule has 0 unspecified atom stereocenters. The number of carbonyl (C=O) groups excluding carboxylic acids is 1. The van der Waals surface area contributed by atoms with Gasteiger partial charge in [0.2, 0.25) is 0 Å². The van der Waals surface area contributed by atoms with Gasteiger partial charge in [-0.05, 0) is 23.8 Å². The van der Waals surface area contributed by atoms with Crippen LogP contribution in [0.25, 0.3) is 10.9 Å². The fourth-order valence-electron chi connectivity index (χ4n) is 2.25. The average Bonchev–Trinajstić information content (AvgIpc) is 2.88. The molecular formula is C15H13ClN4O. The van der Waals surface area contributed by atoms with Gasteiger partial charge in [-0.15, -0.1) is 0 Å². The number of fused-ring (bicyclic) bond motifs is 1. The Morgan fingerprint density at radius 3 is 2.62 bits per heavy atom. The molecule has 5 nitrogen and oxygen atoms in total. The van der Waals surface area contributed by atoms with Crippen LogP contribution in [-0.2, 0) is 6.54 Å². The van der Waals surface area contributed by atoms with E-state index in [4.69, 9.17) is 17.4 Å². The average molecular weight is 301 g/mol. The number of nitrogens with zero attached hydrogens (tertiary/aromatic N) is 2. The molecule has 0 radical (unpaired) electrons. The minimum atomic E-state index is -0.402. The third-order valence-electron chi connectivity index (χ3n) is 3.25. The lowest BCUT2D eigenvalue weighted by molar-refractivity contribution is 0.0949. The lowest BCUT2D eigenvalue weighted by Crippen LogP contribution is -2.30. The van der Waals surface area contributed by atoms with Crippen LogP contribution in [0, 0.1) is 0 Å². The number of nitrogens with one attached hydrogen (secondary N) is 1. The Balaban J connectivity index is 2.06. The Hall–Kier alpha value is -2.37. The van der Waals surface area contributed by atoms with Gasteiger partial charge in [0.15, 0.2) is 5.69 Å². The third kappa shape index (κ3) is 2.61. The maximum Gasteiger partial charge on any atom is 0.286 e. The molecule has 1 heterocycles. The Labute approximate surface area is 126 Å². The molecule has 0 saturated heterocycles. The zero-order valence-corrected chi connectivity index (χ0v) is 11.8. The highest BCUT2D eigenvalue weighted by molar-refractivity contribution is 6.30. The highest BCUT2D eigenvalue weighted by Gasteiger charge is 2.15. The van der Waals surface area contributed by atoms with Crippen LogP contribution >= 0.6 is 11.6 Å². The van der Waals surface area contributed by atoms with Gasteiger partial charge in [-0.25, -0.2) is 5.84 Å². The lowest BCUT2D eigenvalue weighted by atomic mass is 10.2. The highest BCUT2D eigenvalue weighted by Crippen LogP contribution is 2.20. The van der Waals surface area contributed by atoms with Crippen LogP contribution in [0.3, 0.4) is 0 Å². The Morgan fingerprint density at radius 1 is 1.19 bits per heavy atom. The van der Waals surface area contributed by atoms with Crippen LogP contribution in [0.4, 0.5) is 0 Å². The number of halogens is 1. The van der Waals surface area contributed by atoms with E-state index < -0.39 is 5.91 Å². The summed E-state index contributed by atoms with van der Waals surface area (Å²) in [6.45, 7) is 0.551. The molecule has 0 bridgehead atoms. The Kier molecular flexibility index (Phi) is 3.60. The lowest BCUT2D eigenvalue weighted by Gasteiger charge is -2.03. The molecule has 0 aliphatic rings. The third-order valence-corrected chi connectivity index (χ3v) is 3.50. The van der Waals surface area contributed by atoms with E-state index >= 15 is 0 Å². The molecule has 2 aromatic carbocycles. The van der Waals surface area contributed by atoms with Crippen LogP contribution in [0.15, 0.2) is 48.5 Å². The van der Waals surface area contributed by atoms with E-state index in [0.717, 1.165) is 16.5 Å². The number of para-hydroxylation sites is 1. The first kappa shape index (κ1) is 13.6. The van der Waals surface area contributed by atoms with Crippen LogP contribution in [-0.4, -0.2) is 15.7 Å². The molecule has 3 N–H and O–H groups in total. The molecule has 0 spiro atoms. The maximum atomic E-state index is 11.8. The summed E-state index contributed by atoms with van der Waals surface area (Å²) in [5, 5.41) is 5.83. The number of carbonyl (C=O) groups is 1. The van der Waals surface area contributed by atoms with Crippen molar-refractivity contribution in [3.8, 4) is 0 Å². The van der Waals surface area contributed by atoms with E-state index in [9.17, 15) is 4.79 Å². The van der Waals surface area contributed by atoms with Crippen molar-refractivity contribution in [2.24, 2.45) is 5.84 Å². The van der Waals surface area contributed by atoms with Crippen molar-refractivity contribution in [3.63, 3.8) is 0 Å². The smallest absolute Gasteiger partial charge is 0.286 e. The summed E-state index contributed by atoms with van der Waals surface area (Å²) in [5.41, 5.74) is 4.38. The van der Waals surface area contributed by atoms with Crippen molar-refractivity contribution in [2.45, 2.75) is 6.54 Å². The molecule has 106 valence electrons. The van der Waals surface area contributed by atoms with Crippen molar-refractivity contribution in [2.75, 3.05) is 0 Å². The fraction of sp³-hybridized carbons (Fsp3) is 0.0667. The molecule has 21 heavy (non-hydrogen) atoms. The molecule has 1 amide bonds. The molecule has 0 fully saturated rings. The van der Waals surface area contributed by atoms with E-state index in [-0.39, 0.29) is 0 Å². The predicted octanol–water partition coefficient (Wildman–Crippen LogP) is 2.34. The number of nitrogens with two attached hydrogens (primary N) is 1. The van der Waals surface area contributed by atoms with Gasteiger partial charge in [0, 0.05) is 10.4 Å². The summed E-state index contributed by atoms with van der Waals surface area (Å²) in [7, 11) is 0. The molecule has 0 saturated carbocycles. The van der Waals surface area contributed by atoms with Gasteiger partial charge in [0.05, 0.1) is 12.1 Å². The van der Waals surface area contributed by atoms with E-state index in [2.05, 4.69) is 10.5 Å². The van der Waals surface area contributed by atoms with Crippen molar-refractivity contribution in [3.05, 3.63) is 64.8 Å². The summed E-state index contributed by atoms with van der Waals surface area (Å²) in [5.74, 6) is 4.81. The molecule has 0 aliphatic heterocycles. The molecule has 0 atom stereocenters. The molecular weight excluding hydrogens is 288 g/mol. The molecule has 3 aromatic rings. The summed E-state index contributed by atoms with van der Waals surface area (Å²) >= 11 is 5.88. The van der Waals surface area contributed by atoms with Crippen molar-refractivity contribution < 1.29 is 4.79 Å². The zero-order valence-electron chi connectivity index (χ0n) is 11.1. The van der Waals surface area contributed by atoms with Crippen LogP contribution in [0.5, 0.6) is 0 Å². The fourth-order valence-corrected chi connectivity index (χ4v) is 2.37. The number of aromatic nitrogens is 2. The minimum Gasteiger partial charge on any atom is -0.289 e. The zero-order chi connectivity index (χ0) is 14.8. The monoisotopic (exact) mass is 300 g/mol. The van der Waals surface area contributed by atoms with Gasteiger partial charge in [0.25, 0.3) is 5.91 Å². The number of amides is 1. The van der Waals surface area contributed by atoms with Gasteiger partial charge in [-0.2, -0.15) is 5.10 Å². The topological polar surface area (TPSA) is 72.9 Å². The summed E-state index contributed by atoms with van der Waals surface area (Å²) in [6.07, 6.45) is 0. The second-order valence-electron chi connectivity index (χ2n) is 4.62. The van der Waals surface area contributed by atoms with Gasteiger partial charge in [0.1, 0.15) is 0 Å². The van der Waals surface area contributed by atoms with E-state index in [1.165, 1.54) is 0 Å². The first-order chi connectivity index (χ1) is 10.2. The van der Waals surface area contributed by atoms with E-state index in [0.29, 0.717) is 17.3 Å². The van der Waals surface area contributed by atoms with E-state index in [1.807, 2.05) is 48.5 Å². The van der Waals surface area contributed by atoms with Gasteiger partial charge >= 0.3 is 0 Å². The first-order valence-electron chi connectivity index (χ1n) is 6.40. The first-order valence-corrected chi connectivity index (χ1v) is 6.78. The number of benzene rings is 2. The van der Waals surface area contributed by atoms with Crippen LogP contribution in [0.2, 0.25) is 5.02 Å². The Morgan fingerprint density at radius 2 is 1.90 bits per heavy atom. The number of hydrazine groups is 1. The van der Waals surface area contributed by atoms with Crippen LogP contribution < -0.4 is 11.3 Å². The second-order valence-corrected chi connectivity index (χ2v) is 5.06. The summed E-state index contributed by atoms with van der Waals surface area (Å²) in [6, 6.07) is 15.1. The predicted molar refractivity (Wildman–Crippen MR) is 81.9 cm³/mol. The second kappa shape index (κ2) is 5.55. The van der Waals surface area contributed by atoms with Gasteiger partial charge in [-0.1, -0.05) is 41.9 Å². The minimum absolute atomic E-state index is 0.321. The molecule has 1 aromatic heterocycles. The highest BCUT2D eigenvalue weighted by atomic mass is 35.5.